The molecular formula is C23H21ClN6O3. The summed E-state index contributed by atoms with van der Waals surface area (Å²) in [6, 6.07) is 15.6. The summed E-state index contributed by atoms with van der Waals surface area (Å²) in [4.78, 5) is 27.1. The number of amides is 2. The quantitative estimate of drug-likeness (QED) is 0.574. The molecule has 2 amide bonds. The van der Waals surface area contributed by atoms with E-state index in [0.29, 0.717) is 22.5 Å². The Hall–Kier alpha value is -3.72. The highest BCUT2D eigenvalue weighted by atomic mass is 35.5. The van der Waals surface area contributed by atoms with Gasteiger partial charge in [0, 0.05) is 23.0 Å². The summed E-state index contributed by atoms with van der Waals surface area (Å²) < 4.78 is 5.80. The average molecular weight is 465 g/mol. The van der Waals surface area contributed by atoms with E-state index in [1.165, 1.54) is 5.01 Å². The fourth-order valence-electron chi connectivity index (χ4n) is 3.77. The molecule has 0 saturated heterocycles. The van der Waals surface area contributed by atoms with Crippen molar-refractivity contribution in [3.8, 4) is 11.5 Å². The number of carbonyl (C=O) groups is 2. The van der Waals surface area contributed by atoms with Gasteiger partial charge in [0.1, 0.15) is 11.8 Å². The molecule has 1 aliphatic carbocycles. The summed E-state index contributed by atoms with van der Waals surface area (Å²) in [6.45, 7) is 0.162. The van der Waals surface area contributed by atoms with Crippen LogP contribution in [0.25, 0.3) is 11.5 Å². The van der Waals surface area contributed by atoms with Gasteiger partial charge in [-0.1, -0.05) is 29.8 Å². The standard InChI is InChI=1S/C23H21ClN6O3/c24-15-8-6-14(7-9-15)22-27-26-20(33-22)13-29(16-10-11-16)23(32)18-12-19(21(25)31)30(28-18)17-4-2-1-3-5-17/h1-9,16,19H,10-13H2,(H2,25,31). The lowest BCUT2D eigenvalue weighted by Crippen LogP contribution is -2.41. The summed E-state index contributed by atoms with van der Waals surface area (Å²) in [5.74, 6) is -0.112. The Morgan fingerprint density at radius 2 is 1.82 bits per heavy atom. The highest BCUT2D eigenvalue weighted by molar-refractivity contribution is 6.40. The van der Waals surface area contributed by atoms with Crippen LogP contribution in [0.15, 0.2) is 64.1 Å². The number of halogens is 1. The maximum atomic E-state index is 13.4. The normalized spacial score (nSPS) is 17.7. The van der Waals surface area contributed by atoms with Crippen LogP contribution in [0.5, 0.6) is 0 Å². The molecule has 5 rings (SSSR count). The monoisotopic (exact) mass is 464 g/mol. The highest BCUT2D eigenvalue weighted by Gasteiger charge is 2.41. The van der Waals surface area contributed by atoms with Crippen LogP contribution in [0.1, 0.15) is 25.2 Å². The molecule has 9 nitrogen and oxygen atoms in total. The van der Waals surface area contributed by atoms with Crippen LogP contribution in [0.2, 0.25) is 5.02 Å². The molecule has 33 heavy (non-hydrogen) atoms. The molecule has 168 valence electrons. The number of primary amides is 1. The number of hydrogen-bond acceptors (Lipinski definition) is 7. The van der Waals surface area contributed by atoms with E-state index in [1.54, 1.807) is 29.2 Å². The summed E-state index contributed by atoms with van der Waals surface area (Å²) in [7, 11) is 0. The zero-order chi connectivity index (χ0) is 22.9. The van der Waals surface area contributed by atoms with Crippen molar-refractivity contribution in [2.45, 2.75) is 37.9 Å². The van der Waals surface area contributed by atoms with Gasteiger partial charge in [0.05, 0.1) is 12.2 Å². The van der Waals surface area contributed by atoms with Gasteiger partial charge in [-0.25, -0.2) is 0 Å². The third kappa shape index (κ3) is 4.45. The van der Waals surface area contributed by atoms with Crippen molar-refractivity contribution >= 4 is 34.8 Å². The molecule has 2 aromatic carbocycles. The van der Waals surface area contributed by atoms with Crippen LogP contribution in [0.3, 0.4) is 0 Å². The molecule has 1 aliphatic heterocycles. The second-order valence-corrected chi connectivity index (χ2v) is 8.46. The molecule has 2 heterocycles. The van der Waals surface area contributed by atoms with E-state index in [0.717, 1.165) is 18.4 Å². The maximum Gasteiger partial charge on any atom is 0.270 e. The zero-order valence-electron chi connectivity index (χ0n) is 17.6. The second-order valence-electron chi connectivity index (χ2n) is 8.02. The van der Waals surface area contributed by atoms with Crippen molar-refractivity contribution in [2.24, 2.45) is 10.8 Å². The number of carbonyl (C=O) groups excluding carboxylic acids is 2. The Morgan fingerprint density at radius 1 is 1.09 bits per heavy atom. The van der Waals surface area contributed by atoms with Crippen LogP contribution in [0, 0.1) is 0 Å². The Kier molecular flexibility index (Phi) is 5.55. The van der Waals surface area contributed by atoms with Crippen molar-refractivity contribution < 1.29 is 14.0 Å². The van der Waals surface area contributed by atoms with Crippen LogP contribution >= 0.6 is 11.6 Å². The van der Waals surface area contributed by atoms with Crippen molar-refractivity contribution in [1.82, 2.24) is 15.1 Å². The van der Waals surface area contributed by atoms with E-state index >= 15 is 0 Å². The van der Waals surface area contributed by atoms with E-state index in [-0.39, 0.29) is 30.6 Å². The van der Waals surface area contributed by atoms with Crippen LogP contribution in [0.4, 0.5) is 5.69 Å². The van der Waals surface area contributed by atoms with Crippen LogP contribution in [-0.4, -0.2) is 44.7 Å². The summed E-state index contributed by atoms with van der Waals surface area (Å²) in [6.07, 6.45) is 1.92. The fraction of sp³-hybridized carbons (Fsp3) is 0.261. The number of hydrogen-bond donors (Lipinski definition) is 1. The lowest BCUT2D eigenvalue weighted by atomic mass is 10.1. The topological polar surface area (TPSA) is 118 Å². The number of para-hydroxylation sites is 1. The van der Waals surface area contributed by atoms with Gasteiger partial charge in [-0.05, 0) is 49.2 Å². The van der Waals surface area contributed by atoms with Gasteiger partial charge in [0.2, 0.25) is 17.7 Å². The minimum Gasteiger partial charge on any atom is -0.419 e. The first-order valence-corrected chi connectivity index (χ1v) is 11.0. The van der Waals surface area contributed by atoms with E-state index in [9.17, 15) is 9.59 Å². The lowest BCUT2D eigenvalue weighted by Gasteiger charge is -2.20. The van der Waals surface area contributed by atoms with Crippen molar-refractivity contribution in [3.63, 3.8) is 0 Å². The fourth-order valence-corrected chi connectivity index (χ4v) is 3.90. The smallest absolute Gasteiger partial charge is 0.270 e. The molecular weight excluding hydrogens is 444 g/mol. The number of benzene rings is 2. The first-order valence-electron chi connectivity index (χ1n) is 10.6. The summed E-state index contributed by atoms with van der Waals surface area (Å²) >= 11 is 5.94. The van der Waals surface area contributed by atoms with Crippen LogP contribution < -0.4 is 10.7 Å². The molecule has 0 bridgehead atoms. The molecule has 10 heteroatoms. The van der Waals surface area contributed by atoms with Gasteiger partial charge >= 0.3 is 0 Å². The molecule has 1 atom stereocenters. The number of anilines is 1. The van der Waals surface area contributed by atoms with Gasteiger partial charge in [-0.15, -0.1) is 10.2 Å². The number of hydrazone groups is 1. The predicted molar refractivity (Wildman–Crippen MR) is 122 cm³/mol. The second kappa shape index (κ2) is 8.67. The Balaban J connectivity index is 1.36. The van der Waals surface area contributed by atoms with Crippen molar-refractivity contribution in [2.75, 3.05) is 5.01 Å². The number of nitrogens with zero attached hydrogens (tertiary/aromatic N) is 5. The Bertz CT molecular complexity index is 1210. The minimum absolute atomic E-state index is 0.0730. The third-order valence-corrected chi connectivity index (χ3v) is 5.87. The van der Waals surface area contributed by atoms with Gasteiger partial charge in [0.25, 0.3) is 5.91 Å². The summed E-state index contributed by atoms with van der Waals surface area (Å²) in [5, 5.41) is 14.8. The van der Waals surface area contributed by atoms with Crippen molar-refractivity contribution in [1.29, 1.82) is 0 Å². The van der Waals surface area contributed by atoms with Crippen molar-refractivity contribution in [3.05, 3.63) is 65.5 Å². The number of rotatable bonds is 7. The largest absolute Gasteiger partial charge is 0.419 e. The SMILES string of the molecule is NC(=O)C1CC(C(=O)N(Cc2nnc(-c3ccc(Cl)cc3)o2)C2CC2)=NN1c1ccccc1. The van der Waals surface area contributed by atoms with E-state index in [4.69, 9.17) is 21.8 Å². The third-order valence-electron chi connectivity index (χ3n) is 5.62. The van der Waals surface area contributed by atoms with E-state index in [1.807, 2.05) is 30.3 Å². The molecule has 1 fully saturated rings. The molecule has 1 unspecified atom stereocenters. The molecule has 1 aromatic heterocycles. The van der Waals surface area contributed by atoms with Crippen LogP contribution in [-0.2, 0) is 16.1 Å². The van der Waals surface area contributed by atoms with E-state index in [2.05, 4.69) is 15.3 Å². The molecule has 1 saturated carbocycles. The number of nitrogens with two attached hydrogens (primary N) is 1. The molecule has 0 spiro atoms. The first kappa shape index (κ1) is 21.1. The van der Waals surface area contributed by atoms with Gasteiger partial charge in [0.15, 0.2) is 0 Å². The Labute approximate surface area is 194 Å². The summed E-state index contributed by atoms with van der Waals surface area (Å²) in [5.41, 5.74) is 7.33. The molecule has 2 N–H and O–H groups in total. The highest BCUT2D eigenvalue weighted by Crippen LogP contribution is 2.31. The maximum absolute atomic E-state index is 13.4. The van der Waals surface area contributed by atoms with E-state index < -0.39 is 11.9 Å². The number of aromatic nitrogens is 2. The Morgan fingerprint density at radius 3 is 2.48 bits per heavy atom. The minimum atomic E-state index is -0.715. The predicted octanol–water partition coefficient (Wildman–Crippen LogP) is 3.00. The zero-order valence-corrected chi connectivity index (χ0v) is 18.4. The lowest BCUT2D eigenvalue weighted by molar-refractivity contribution is -0.125. The molecule has 0 radical (unpaired) electrons. The first-order chi connectivity index (χ1) is 16.0. The average Bonchev–Trinajstić information content (AvgIpc) is 3.38. The molecule has 2 aliphatic rings. The van der Waals surface area contributed by atoms with Gasteiger partial charge in [-0.2, -0.15) is 5.10 Å². The molecule has 3 aromatic rings. The van der Waals surface area contributed by atoms with Gasteiger partial charge < -0.3 is 15.1 Å². The van der Waals surface area contributed by atoms with Gasteiger partial charge in [-0.3, -0.25) is 14.6 Å².